The smallest absolute Gasteiger partial charge is 0.187 e. The molecule has 0 aliphatic heterocycles. The molecule has 0 spiro atoms. The van der Waals surface area contributed by atoms with E-state index in [2.05, 4.69) is 51.8 Å². The Bertz CT molecular complexity index is 1170. The minimum Gasteiger partial charge on any atom is -0.350 e. The van der Waals surface area contributed by atoms with Crippen LogP contribution in [-0.2, 0) is 6.54 Å². The molecule has 0 unspecified atom stereocenters. The van der Waals surface area contributed by atoms with E-state index in [1.165, 1.54) is 11.1 Å². The number of hydrogen-bond acceptors (Lipinski definition) is 5. The van der Waals surface area contributed by atoms with E-state index in [9.17, 15) is 5.26 Å². The highest BCUT2D eigenvalue weighted by Crippen LogP contribution is 2.28. The predicted molar refractivity (Wildman–Crippen MR) is 105 cm³/mol. The zero-order valence-corrected chi connectivity index (χ0v) is 15.1. The van der Waals surface area contributed by atoms with Gasteiger partial charge >= 0.3 is 0 Å². The minimum absolute atomic E-state index is 0.263. The summed E-state index contributed by atoms with van der Waals surface area (Å²) in [5.41, 5.74) is 5.97. The molecule has 6 heteroatoms. The second-order valence-electron chi connectivity index (χ2n) is 6.60. The lowest BCUT2D eigenvalue weighted by Crippen LogP contribution is -2.01. The number of fused-ring (bicyclic) bond motifs is 1. The molecule has 132 valence electrons. The van der Waals surface area contributed by atoms with Gasteiger partial charge in [-0.1, -0.05) is 41.5 Å². The van der Waals surface area contributed by atoms with E-state index in [1.807, 2.05) is 42.1 Å². The van der Waals surface area contributed by atoms with Crippen molar-refractivity contribution in [1.29, 1.82) is 5.26 Å². The van der Waals surface area contributed by atoms with Crippen LogP contribution in [0.15, 0.2) is 54.9 Å². The summed E-state index contributed by atoms with van der Waals surface area (Å²) in [5.74, 6) is 0. The molecule has 6 nitrogen and oxygen atoms in total. The normalized spacial score (nSPS) is 10.7. The van der Waals surface area contributed by atoms with E-state index < -0.39 is 0 Å². The largest absolute Gasteiger partial charge is 0.350 e. The Morgan fingerprint density at radius 3 is 2.74 bits per heavy atom. The maximum Gasteiger partial charge on any atom is 0.187 e. The topological polar surface area (TPSA) is 79.4 Å². The van der Waals surface area contributed by atoms with E-state index in [0.29, 0.717) is 12.2 Å². The van der Waals surface area contributed by atoms with Gasteiger partial charge in [-0.05, 0) is 31.5 Å². The number of nitrogens with zero attached hydrogens (tertiary/aromatic N) is 5. The van der Waals surface area contributed by atoms with E-state index in [0.717, 1.165) is 22.2 Å². The van der Waals surface area contributed by atoms with E-state index in [-0.39, 0.29) is 5.69 Å². The third-order valence-corrected chi connectivity index (χ3v) is 4.35. The highest BCUT2D eigenvalue weighted by molar-refractivity contribution is 5.95. The van der Waals surface area contributed by atoms with Gasteiger partial charge in [0.05, 0.1) is 29.6 Å². The fourth-order valence-corrected chi connectivity index (χ4v) is 3.08. The Kier molecular flexibility index (Phi) is 4.27. The van der Waals surface area contributed by atoms with Gasteiger partial charge in [0.2, 0.25) is 0 Å². The Morgan fingerprint density at radius 1 is 1.07 bits per heavy atom. The van der Waals surface area contributed by atoms with Gasteiger partial charge in [0.25, 0.3) is 0 Å². The lowest BCUT2D eigenvalue weighted by atomic mass is 10.1. The van der Waals surface area contributed by atoms with Gasteiger partial charge in [-0.15, -0.1) is 10.2 Å². The molecule has 0 amide bonds. The second kappa shape index (κ2) is 6.89. The first kappa shape index (κ1) is 16.7. The summed E-state index contributed by atoms with van der Waals surface area (Å²) in [6, 6.07) is 16.4. The maximum absolute atomic E-state index is 9.44. The van der Waals surface area contributed by atoms with E-state index in [1.54, 1.807) is 6.20 Å². The third kappa shape index (κ3) is 3.48. The van der Waals surface area contributed by atoms with Crippen LogP contribution >= 0.6 is 0 Å². The molecule has 4 aromatic rings. The number of aryl methyl sites for hydroxylation is 2. The molecule has 4 rings (SSSR count). The summed E-state index contributed by atoms with van der Waals surface area (Å²) in [5, 5.41) is 26.2. The molecule has 1 N–H and O–H groups in total. The second-order valence-corrected chi connectivity index (χ2v) is 6.60. The highest BCUT2D eigenvalue weighted by Gasteiger charge is 2.12. The minimum atomic E-state index is 0.263. The molecular formula is C21H18N6. The third-order valence-electron chi connectivity index (χ3n) is 4.35. The molecule has 0 aliphatic rings. The van der Waals surface area contributed by atoms with Crippen LogP contribution in [-0.4, -0.2) is 20.0 Å². The van der Waals surface area contributed by atoms with Crippen LogP contribution in [0.2, 0.25) is 0 Å². The molecule has 0 aliphatic carbocycles. The van der Waals surface area contributed by atoms with Crippen molar-refractivity contribution in [3.63, 3.8) is 0 Å². The molecule has 2 aromatic heterocycles. The molecule has 2 aromatic carbocycles. The zero-order valence-electron chi connectivity index (χ0n) is 15.1. The summed E-state index contributed by atoms with van der Waals surface area (Å²) < 4.78 is 1.87. The van der Waals surface area contributed by atoms with Crippen LogP contribution in [0, 0.1) is 25.2 Å². The van der Waals surface area contributed by atoms with E-state index in [4.69, 9.17) is 0 Å². The summed E-state index contributed by atoms with van der Waals surface area (Å²) >= 11 is 0. The van der Waals surface area contributed by atoms with Crippen LogP contribution in [0.3, 0.4) is 0 Å². The first-order valence-corrected chi connectivity index (χ1v) is 8.64. The Labute approximate surface area is 157 Å². The fourth-order valence-electron chi connectivity index (χ4n) is 3.08. The lowest BCUT2D eigenvalue weighted by Gasteiger charge is -2.09. The van der Waals surface area contributed by atoms with Crippen LogP contribution in [0.4, 0.5) is 11.4 Å². The molecule has 0 saturated heterocycles. The van der Waals surface area contributed by atoms with Gasteiger partial charge in [0.15, 0.2) is 5.69 Å². The molecule has 0 bridgehead atoms. The highest BCUT2D eigenvalue weighted by atomic mass is 15.3. The average Bonchev–Trinajstić information content (AvgIpc) is 3.09. The standard InChI is InChI=1S/C21H18N6/c1-14-4-3-5-16(8-14)12-27-13-17(11-23-27)24-21-18-9-15(2)6-7-19(18)25-26-20(21)10-22/h3-9,11,13H,12H2,1-2H3,(H,24,25). The van der Waals surface area contributed by atoms with Gasteiger partial charge in [0.1, 0.15) is 6.07 Å². The van der Waals surface area contributed by atoms with Crippen molar-refractivity contribution >= 4 is 22.3 Å². The molecule has 27 heavy (non-hydrogen) atoms. The van der Waals surface area contributed by atoms with Crippen molar-refractivity contribution in [2.24, 2.45) is 0 Å². The van der Waals surface area contributed by atoms with Crippen molar-refractivity contribution in [2.75, 3.05) is 5.32 Å². The number of anilines is 2. The van der Waals surface area contributed by atoms with Crippen LogP contribution in [0.1, 0.15) is 22.4 Å². The summed E-state index contributed by atoms with van der Waals surface area (Å²) in [4.78, 5) is 0. The van der Waals surface area contributed by atoms with Crippen LogP contribution in [0.5, 0.6) is 0 Å². The first-order valence-electron chi connectivity index (χ1n) is 8.64. The van der Waals surface area contributed by atoms with Crippen molar-refractivity contribution in [2.45, 2.75) is 20.4 Å². The van der Waals surface area contributed by atoms with Crippen LogP contribution in [0.25, 0.3) is 10.9 Å². The summed E-state index contributed by atoms with van der Waals surface area (Å²) in [6.45, 7) is 4.77. The summed E-state index contributed by atoms with van der Waals surface area (Å²) in [7, 11) is 0. The number of nitriles is 1. The number of benzene rings is 2. The van der Waals surface area contributed by atoms with Gasteiger partial charge in [-0.25, -0.2) is 0 Å². The molecule has 2 heterocycles. The molecule has 0 atom stereocenters. The first-order chi connectivity index (χ1) is 13.1. The SMILES string of the molecule is Cc1cccc(Cn2cc(Nc3c(C#N)nnc4ccc(C)cc34)cn2)c1. The van der Waals surface area contributed by atoms with Crippen LogP contribution < -0.4 is 5.32 Å². The number of aromatic nitrogens is 4. The van der Waals surface area contributed by atoms with Crippen molar-refractivity contribution in [3.05, 3.63) is 77.2 Å². The van der Waals surface area contributed by atoms with Gasteiger partial charge < -0.3 is 5.32 Å². The lowest BCUT2D eigenvalue weighted by molar-refractivity contribution is 0.686. The van der Waals surface area contributed by atoms with Gasteiger partial charge in [0, 0.05) is 11.6 Å². The van der Waals surface area contributed by atoms with Gasteiger partial charge in [-0.2, -0.15) is 10.4 Å². The number of rotatable bonds is 4. The van der Waals surface area contributed by atoms with Gasteiger partial charge in [-0.3, -0.25) is 4.68 Å². The Balaban J connectivity index is 1.66. The van der Waals surface area contributed by atoms with E-state index >= 15 is 0 Å². The number of hydrogen-bond donors (Lipinski definition) is 1. The summed E-state index contributed by atoms with van der Waals surface area (Å²) in [6.07, 6.45) is 3.67. The maximum atomic E-state index is 9.44. The zero-order chi connectivity index (χ0) is 18.8. The average molecular weight is 354 g/mol. The Morgan fingerprint density at radius 2 is 1.93 bits per heavy atom. The quantitative estimate of drug-likeness (QED) is 0.597. The van der Waals surface area contributed by atoms with Crippen molar-refractivity contribution in [1.82, 2.24) is 20.0 Å². The monoisotopic (exact) mass is 354 g/mol. The molecule has 0 fully saturated rings. The fraction of sp³-hybridized carbons (Fsp3) is 0.143. The molecule has 0 saturated carbocycles. The molecule has 0 radical (unpaired) electrons. The number of nitrogens with one attached hydrogen (secondary N) is 1. The van der Waals surface area contributed by atoms with Crippen molar-refractivity contribution in [3.8, 4) is 6.07 Å². The molecular weight excluding hydrogens is 336 g/mol. The Hall–Kier alpha value is -3.72. The predicted octanol–water partition coefficient (Wildman–Crippen LogP) is 4.11. The van der Waals surface area contributed by atoms with Crippen molar-refractivity contribution < 1.29 is 0 Å².